The smallest absolute Gasteiger partial charge is 0.0462 e. The third-order valence-corrected chi connectivity index (χ3v) is 6.31. The molecule has 1 fully saturated rings. The van der Waals surface area contributed by atoms with Gasteiger partial charge in [0.25, 0.3) is 0 Å². The maximum Gasteiger partial charge on any atom is 0.0462 e. The van der Waals surface area contributed by atoms with E-state index in [4.69, 9.17) is 0 Å². The first-order valence-electron chi connectivity index (χ1n) is 11.4. The average molecular weight is 339 g/mol. The van der Waals surface area contributed by atoms with E-state index < -0.39 is 0 Å². The molecule has 1 aliphatic carbocycles. The monoisotopic (exact) mass is 338 g/mol. The molecule has 0 bridgehead atoms. The Morgan fingerprint density at radius 2 is 1.33 bits per heavy atom. The zero-order chi connectivity index (χ0) is 17.5. The number of aliphatic hydroxyl groups excluding tert-OH is 1. The van der Waals surface area contributed by atoms with Gasteiger partial charge in [-0.3, -0.25) is 0 Å². The van der Waals surface area contributed by atoms with Crippen LogP contribution in [0.25, 0.3) is 0 Å². The van der Waals surface area contributed by atoms with Crippen LogP contribution < -0.4 is 0 Å². The molecule has 0 aliphatic heterocycles. The molecule has 0 aromatic carbocycles. The lowest BCUT2D eigenvalue weighted by Crippen LogP contribution is -2.23. The SMILES string of the molecule is CCCCCCCCCCCCC(C)CC(CO)C1CCCCC1. The molecule has 144 valence electrons. The minimum absolute atomic E-state index is 0.424. The molecule has 1 saturated carbocycles. The Hall–Kier alpha value is -0.0400. The van der Waals surface area contributed by atoms with Crippen molar-refractivity contribution in [1.29, 1.82) is 0 Å². The first-order chi connectivity index (χ1) is 11.8. The van der Waals surface area contributed by atoms with Crippen LogP contribution in [0.3, 0.4) is 0 Å². The molecule has 0 spiro atoms. The predicted molar refractivity (Wildman–Crippen MR) is 107 cm³/mol. The Kier molecular flexibility index (Phi) is 14.0. The highest BCUT2D eigenvalue weighted by molar-refractivity contribution is 4.75. The zero-order valence-corrected chi connectivity index (χ0v) is 16.9. The van der Waals surface area contributed by atoms with Crippen molar-refractivity contribution in [2.45, 2.75) is 123 Å². The summed E-state index contributed by atoms with van der Waals surface area (Å²) in [6.07, 6.45) is 23.9. The van der Waals surface area contributed by atoms with Gasteiger partial charge in [0.15, 0.2) is 0 Å². The van der Waals surface area contributed by atoms with Crippen LogP contribution in [-0.4, -0.2) is 11.7 Å². The standard InChI is InChI=1S/C23H46O/c1-3-4-5-6-7-8-9-10-11-13-16-21(2)19-23(20-24)22-17-14-12-15-18-22/h21-24H,3-20H2,1-2H3. The lowest BCUT2D eigenvalue weighted by atomic mass is 9.76. The van der Waals surface area contributed by atoms with Gasteiger partial charge in [0.05, 0.1) is 0 Å². The van der Waals surface area contributed by atoms with Gasteiger partial charge >= 0.3 is 0 Å². The van der Waals surface area contributed by atoms with Crippen molar-refractivity contribution in [3.05, 3.63) is 0 Å². The van der Waals surface area contributed by atoms with Crippen molar-refractivity contribution in [2.24, 2.45) is 17.8 Å². The maximum atomic E-state index is 9.77. The van der Waals surface area contributed by atoms with E-state index in [1.807, 2.05) is 0 Å². The Morgan fingerprint density at radius 1 is 0.792 bits per heavy atom. The molecule has 0 radical (unpaired) electrons. The highest BCUT2D eigenvalue weighted by atomic mass is 16.3. The Morgan fingerprint density at radius 3 is 1.88 bits per heavy atom. The second-order valence-corrected chi connectivity index (χ2v) is 8.65. The van der Waals surface area contributed by atoms with E-state index in [-0.39, 0.29) is 0 Å². The van der Waals surface area contributed by atoms with Crippen molar-refractivity contribution >= 4 is 0 Å². The van der Waals surface area contributed by atoms with Crippen molar-refractivity contribution < 1.29 is 5.11 Å². The van der Waals surface area contributed by atoms with Crippen molar-refractivity contribution in [2.75, 3.05) is 6.61 Å². The summed E-state index contributed by atoms with van der Waals surface area (Å²) >= 11 is 0. The van der Waals surface area contributed by atoms with Crippen LogP contribution in [0.15, 0.2) is 0 Å². The highest BCUT2D eigenvalue weighted by Crippen LogP contribution is 2.34. The molecule has 0 aromatic rings. The minimum atomic E-state index is 0.424. The molecular weight excluding hydrogens is 292 g/mol. The van der Waals surface area contributed by atoms with E-state index in [1.165, 1.54) is 109 Å². The summed E-state index contributed by atoms with van der Waals surface area (Å²) in [5.74, 6) is 2.21. The molecule has 2 unspecified atom stereocenters. The maximum absolute atomic E-state index is 9.77. The third-order valence-electron chi connectivity index (χ3n) is 6.31. The van der Waals surface area contributed by atoms with Gasteiger partial charge in [0.1, 0.15) is 0 Å². The molecule has 0 heterocycles. The summed E-state index contributed by atoms with van der Waals surface area (Å²) in [6.45, 7) is 5.13. The lowest BCUT2D eigenvalue weighted by Gasteiger charge is -2.30. The molecule has 24 heavy (non-hydrogen) atoms. The average Bonchev–Trinajstić information content (AvgIpc) is 2.62. The normalized spacial score (nSPS) is 18.6. The van der Waals surface area contributed by atoms with Crippen molar-refractivity contribution in [3.8, 4) is 0 Å². The van der Waals surface area contributed by atoms with Gasteiger partial charge in [0, 0.05) is 6.61 Å². The molecule has 0 saturated heterocycles. The van der Waals surface area contributed by atoms with E-state index in [1.54, 1.807) is 0 Å². The molecule has 0 amide bonds. The van der Waals surface area contributed by atoms with Gasteiger partial charge in [0.2, 0.25) is 0 Å². The second kappa shape index (κ2) is 15.2. The van der Waals surface area contributed by atoms with Crippen LogP contribution in [0.5, 0.6) is 0 Å². The molecule has 2 atom stereocenters. The largest absolute Gasteiger partial charge is 0.396 e. The number of hydrogen-bond donors (Lipinski definition) is 1. The summed E-state index contributed by atoms with van der Waals surface area (Å²) in [6, 6.07) is 0. The quantitative estimate of drug-likeness (QED) is 0.306. The van der Waals surface area contributed by atoms with Crippen LogP contribution in [0, 0.1) is 17.8 Å². The third kappa shape index (κ3) is 10.7. The summed E-state index contributed by atoms with van der Waals surface area (Å²) in [7, 11) is 0. The van der Waals surface area contributed by atoms with Gasteiger partial charge in [-0.1, -0.05) is 117 Å². The van der Waals surface area contributed by atoms with Crippen LogP contribution in [0.2, 0.25) is 0 Å². The van der Waals surface area contributed by atoms with E-state index in [0.29, 0.717) is 12.5 Å². The molecular formula is C23H46O. The Bertz CT molecular complexity index is 257. The predicted octanol–water partition coefficient (Wildman–Crippen LogP) is 7.51. The molecule has 1 nitrogen and oxygen atoms in total. The summed E-state index contributed by atoms with van der Waals surface area (Å²) in [5.41, 5.74) is 0. The summed E-state index contributed by atoms with van der Waals surface area (Å²) < 4.78 is 0. The fourth-order valence-corrected chi connectivity index (χ4v) is 4.64. The van der Waals surface area contributed by atoms with Gasteiger partial charge in [-0.05, 0) is 24.2 Å². The molecule has 1 N–H and O–H groups in total. The molecule has 1 heteroatoms. The van der Waals surface area contributed by atoms with E-state index in [9.17, 15) is 5.11 Å². The van der Waals surface area contributed by atoms with E-state index in [2.05, 4.69) is 13.8 Å². The highest BCUT2D eigenvalue weighted by Gasteiger charge is 2.24. The second-order valence-electron chi connectivity index (χ2n) is 8.65. The summed E-state index contributed by atoms with van der Waals surface area (Å²) in [5, 5.41) is 9.77. The topological polar surface area (TPSA) is 20.2 Å². The zero-order valence-electron chi connectivity index (χ0n) is 16.9. The van der Waals surface area contributed by atoms with Crippen LogP contribution in [0.4, 0.5) is 0 Å². The fraction of sp³-hybridized carbons (Fsp3) is 1.00. The first-order valence-corrected chi connectivity index (χ1v) is 11.4. The van der Waals surface area contributed by atoms with Gasteiger partial charge < -0.3 is 5.11 Å². The van der Waals surface area contributed by atoms with E-state index in [0.717, 1.165) is 11.8 Å². The number of unbranched alkanes of at least 4 members (excludes halogenated alkanes) is 9. The van der Waals surface area contributed by atoms with Crippen LogP contribution >= 0.6 is 0 Å². The Balaban J connectivity index is 1.95. The van der Waals surface area contributed by atoms with Crippen LogP contribution in [-0.2, 0) is 0 Å². The lowest BCUT2D eigenvalue weighted by molar-refractivity contribution is 0.124. The molecule has 0 aromatic heterocycles. The van der Waals surface area contributed by atoms with Crippen LogP contribution in [0.1, 0.15) is 123 Å². The van der Waals surface area contributed by atoms with Gasteiger partial charge in [-0.2, -0.15) is 0 Å². The number of rotatable bonds is 15. The van der Waals surface area contributed by atoms with E-state index >= 15 is 0 Å². The first kappa shape index (κ1) is 22.0. The molecule has 1 rings (SSSR count). The van der Waals surface area contributed by atoms with Gasteiger partial charge in [-0.15, -0.1) is 0 Å². The van der Waals surface area contributed by atoms with Gasteiger partial charge in [-0.25, -0.2) is 0 Å². The summed E-state index contributed by atoms with van der Waals surface area (Å²) in [4.78, 5) is 0. The number of hydrogen-bond acceptors (Lipinski definition) is 1. The van der Waals surface area contributed by atoms with Crippen molar-refractivity contribution in [1.82, 2.24) is 0 Å². The Labute approximate surface area is 153 Å². The fourth-order valence-electron chi connectivity index (χ4n) is 4.64. The molecule has 1 aliphatic rings. The van der Waals surface area contributed by atoms with Crippen molar-refractivity contribution in [3.63, 3.8) is 0 Å². The number of aliphatic hydroxyl groups is 1. The minimum Gasteiger partial charge on any atom is -0.396 e.